The lowest BCUT2D eigenvalue weighted by Gasteiger charge is -2.52. The SMILES string of the molecule is COC(=O)C1(N)CC(OCc2ccccc2)(C(F)(F)F)C1. The Bertz CT molecular complexity index is 510. The van der Waals surface area contributed by atoms with E-state index in [1.165, 1.54) is 0 Å². The second kappa shape index (κ2) is 5.31. The molecule has 1 aliphatic carbocycles. The molecule has 0 amide bonds. The standard InChI is InChI=1S/C14H16F3NO3/c1-20-11(19)12(18)8-13(9-12,14(15,16)17)21-7-10-5-3-2-4-6-10/h2-6H,7-9,18H2,1H3. The topological polar surface area (TPSA) is 61.5 Å². The van der Waals surface area contributed by atoms with Gasteiger partial charge in [0.25, 0.3) is 0 Å². The summed E-state index contributed by atoms with van der Waals surface area (Å²) in [6.45, 7) is -0.197. The van der Waals surface area contributed by atoms with E-state index >= 15 is 0 Å². The smallest absolute Gasteiger partial charge is 0.417 e. The van der Waals surface area contributed by atoms with E-state index < -0.39 is 36.1 Å². The maximum atomic E-state index is 13.2. The number of hydrogen-bond acceptors (Lipinski definition) is 4. The number of esters is 1. The highest BCUT2D eigenvalue weighted by Crippen LogP contribution is 2.53. The first-order valence-electron chi connectivity index (χ1n) is 6.34. The van der Waals surface area contributed by atoms with E-state index in [2.05, 4.69) is 4.74 Å². The van der Waals surface area contributed by atoms with E-state index in [0.29, 0.717) is 5.56 Å². The van der Waals surface area contributed by atoms with Gasteiger partial charge in [0, 0.05) is 12.8 Å². The summed E-state index contributed by atoms with van der Waals surface area (Å²) in [5.74, 6) is -0.856. The highest BCUT2D eigenvalue weighted by Gasteiger charge is 2.70. The van der Waals surface area contributed by atoms with Crippen LogP contribution in [0.15, 0.2) is 30.3 Å². The number of carbonyl (C=O) groups excluding carboxylic acids is 1. The maximum Gasteiger partial charge on any atom is 0.417 e. The fourth-order valence-corrected chi connectivity index (χ4v) is 2.50. The number of hydrogen-bond donors (Lipinski definition) is 1. The van der Waals surface area contributed by atoms with E-state index in [4.69, 9.17) is 10.5 Å². The van der Waals surface area contributed by atoms with Crippen molar-refractivity contribution in [2.45, 2.75) is 36.8 Å². The number of methoxy groups -OCH3 is 1. The average Bonchev–Trinajstić information content (AvgIpc) is 2.41. The molecule has 116 valence electrons. The summed E-state index contributed by atoms with van der Waals surface area (Å²) >= 11 is 0. The van der Waals surface area contributed by atoms with Gasteiger partial charge in [-0.15, -0.1) is 0 Å². The lowest BCUT2D eigenvalue weighted by molar-refractivity contribution is -0.321. The number of alkyl halides is 3. The van der Waals surface area contributed by atoms with Gasteiger partial charge in [-0.1, -0.05) is 30.3 Å². The molecular weight excluding hydrogens is 287 g/mol. The molecule has 0 bridgehead atoms. The minimum Gasteiger partial charge on any atom is -0.468 e. The third kappa shape index (κ3) is 2.89. The lowest BCUT2D eigenvalue weighted by atomic mass is 9.64. The Hall–Kier alpha value is -1.60. The van der Waals surface area contributed by atoms with Gasteiger partial charge in [-0.25, -0.2) is 0 Å². The Balaban J connectivity index is 2.10. The quantitative estimate of drug-likeness (QED) is 0.866. The number of rotatable bonds is 4. The molecule has 0 aliphatic heterocycles. The van der Waals surface area contributed by atoms with E-state index in [1.807, 2.05) is 0 Å². The molecule has 0 heterocycles. The molecular formula is C14H16F3NO3. The number of halogens is 3. The third-order valence-electron chi connectivity index (χ3n) is 3.67. The Morgan fingerprint density at radius 3 is 2.33 bits per heavy atom. The van der Waals surface area contributed by atoms with Crippen LogP contribution >= 0.6 is 0 Å². The third-order valence-corrected chi connectivity index (χ3v) is 3.67. The van der Waals surface area contributed by atoms with E-state index in [0.717, 1.165) is 7.11 Å². The minimum atomic E-state index is -4.60. The molecule has 2 rings (SSSR count). The summed E-state index contributed by atoms with van der Waals surface area (Å²) in [4.78, 5) is 11.4. The van der Waals surface area contributed by atoms with Crippen LogP contribution in [-0.4, -0.2) is 30.4 Å². The molecule has 1 aromatic carbocycles. The van der Waals surface area contributed by atoms with Crippen LogP contribution in [0.2, 0.25) is 0 Å². The van der Waals surface area contributed by atoms with Gasteiger partial charge in [-0.3, -0.25) is 4.79 Å². The average molecular weight is 303 g/mol. The van der Waals surface area contributed by atoms with Crippen molar-refractivity contribution in [2.24, 2.45) is 5.73 Å². The zero-order valence-corrected chi connectivity index (χ0v) is 11.4. The second-order valence-electron chi connectivity index (χ2n) is 5.27. The molecule has 0 spiro atoms. The van der Waals surface area contributed by atoms with Crippen molar-refractivity contribution in [2.75, 3.05) is 7.11 Å². The summed E-state index contributed by atoms with van der Waals surface area (Å²) in [5.41, 5.74) is 2.23. The van der Waals surface area contributed by atoms with Crippen molar-refractivity contribution < 1.29 is 27.4 Å². The Morgan fingerprint density at radius 1 is 1.29 bits per heavy atom. The van der Waals surface area contributed by atoms with Crippen LogP contribution in [0.4, 0.5) is 13.2 Å². The fourth-order valence-electron chi connectivity index (χ4n) is 2.50. The maximum absolute atomic E-state index is 13.2. The van der Waals surface area contributed by atoms with Gasteiger partial charge >= 0.3 is 12.1 Å². The molecule has 21 heavy (non-hydrogen) atoms. The normalized spacial score (nSPS) is 28.8. The van der Waals surface area contributed by atoms with Crippen LogP contribution in [0.1, 0.15) is 18.4 Å². The van der Waals surface area contributed by atoms with Crippen molar-refractivity contribution in [1.29, 1.82) is 0 Å². The van der Waals surface area contributed by atoms with Crippen molar-refractivity contribution in [3.8, 4) is 0 Å². The van der Waals surface area contributed by atoms with Crippen molar-refractivity contribution in [3.05, 3.63) is 35.9 Å². The van der Waals surface area contributed by atoms with Gasteiger partial charge in [-0.05, 0) is 5.56 Å². The van der Waals surface area contributed by atoms with Crippen LogP contribution in [0.5, 0.6) is 0 Å². The molecule has 0 radical (unpaired) electrons. The van der Waals surface area contributed by atoms with Gasteiger partial charge < -0.3 is 15.2 Å². The van der Waals surface area contributed by atoms with Gasteiger partial charge in [0.2, 0.25) is 0 Å². The predicted octanol–water partition coefficient (Wildman–Crippen LogP) is 2.17. The molecule has 7 heteroatoms. The first-order chi connectivity index (χ1) is 9.72. The molecule has 1 aliphatic rings. The lowest BCUT2D eigenvalue weighted by Crippen LogP contribution is -2.72. The summed E-state index contributed by atoms with van der Waals surface area (Å²) in [6, 6.07) is 8.51. The zero-order chi connectivity index (χ0) is 15.7. The predicted molar refractivity (Wildman–Crippen MR) is 68.2 cm³/mol. The van der Waals surface area contributed by atoms with Crippen molar-refractivity contribution in [1.82, 2.24) is 0 Å². The molecule has 0 saturated heterocycles. The highest BCUT2D eigenvalue weighted by atomic mass is 19.4. The van der Waals surface area contributed by atoms with Gasteiger partial charge in [-0.2, -0.15) is 13.2 Å². The van der Waals surface area contributed by atoms with Crippen molar-refractivity contribution in [3.63, 3.8) is 0 Å². The molecule has 0 atom stereocenters. The Kier molecular flexibility index (Phi) is 3.99. The number of benzene rings is 1. The molecule has 1 aromatic rings. The van der Waals surface area contributed by atoms with Crippen LogP contribution in [-0.2, 0) is 20.9 Å². The van der Waals surface area contributed by atoms with Gasteiger partial charge in [0.15, 0.2) is 5.60 Å². The van der Waals surface area contributed by atoms with Crippen LogP contribution in [0.3, 0.4) is 0 Å². The molecule has 0 aromatic heterocycles. The highest BCUT2D eigenvalue weighted by molar-refractivity contribution is 5.82. The van der Waals surface area contributed by atoms with Gasteiger partial charge in [0.05, 0.1) is 13.7 Å². The summed E-state index contributed by atoms with van der Waals surface area (Å²) in [5, 5.41) is 0. The number of carbonyl (C=O) groups is 1. The van der Waals surface area contributed by atoms with E-state index in [-0.39, 0.29) is 6.61 Å². The molecule has 4 nitrogen and oxygen atoms in total. The molecule has 1 saturated carbocycles. The Labute approximate surface area is 120 Å². The fraction of sp³-hybridized carbons (Fsp3) is 0.500. The second-order valence-corrected chi connectivity index (χ2v) is 5.27. The number of nitrogens with two attached hydrogens (primary N) is 1. The first-order valence-corrected chi connectivity index (χ1v) is 6.34. The zero-order valence-electron chi connectivity index (χ0n) is 11.4. The summed E-state index contributed by atoms with van der Waals surface area (Å²) in [6.07, 6.45) is -5.87. The van der Waals surface area contributed by atoms with Crippen LogP contribution in [0.25, 0.3) is 0 Å². The number of ether oxygens (including phenoxy) is 2. The molecule has 0 unspecified atom stereocenters. The summed E-state index contributed by atoms with van der Waals surface area (Å²) < 4.78 is 49.2. The van der Waals surface area contributed by atoms with E-state index in [1.54, 1.807) is 30.3 Å². The van der Waals surface area contributed by atoms with Crippen LogP contribution in [0, 0.1) is 0 Å². The molecule has 1 fully saturated rings. The monoisotopic (exact) mass is 303 g/mol. The largest absolute Gasteiger partial charge is 0.468 e. The van der Waals surface area contributed by atoms with Crippen molar-refractivity contribution >= 4 is 5.97 Å². The van der Waals surface area contributed by atoms with Gasteiger partial charge in [0.1, 0.15) is 5.54 Å². The molecule has 2 N–H and O–H groups in total. The Morgan fingerprint density at radius 2 is 1.86 bits per heavy atom. The first kappa shape index (κ1) is 15.8. The summed E-state index contributed by atoms with van der Waals surface area (Å²) in [7, 11) is 1.09. The van der Waals surface area contributed by atoms with Crippen LogP contribution < -0.4 is 5.73 Å². The minimum absolute atomic E-state index is 0.197. The van der Waals surface area contributed by atoms with E-state index in [9.17, 15) is 18.0 Å².